The lowest BCUT2D eigenvalue weighted by Crippen LogP contribution is -2.27. The molecule has 2 aromatic carbocycles. The second-order valence-electron chi connectivity index (χ2n) is 6.10. The smallest absolute Gasteiger partial charge is 0.253 e. The van der Waals surface area contributed by atoms with Crippen molar-refractivity contribution in [3.05, 3.63) is 58.1 Å². The Kier molecular flexibility index (Phi) is 6.01. The first-order valence-electron chi connectivity index (χ1n) is 8.41. The summed E-state index contributed by atoms with van der Waals surface area (Å²) in [5, 5.41) is 6.64. The van der Waals surface area contributed by atoms with Gasteiger partial charge in [-0.2, -0.15) is 0 Å². The maximum Gasteiger partial charge on any atom is 0.253 e. The number of anilines is 2. The van der Waals surface area contributed by atoms with E-state index in [0.717, 1.165) is 31.6 Å². The molecule has 1 aliphatic heterocycles. The Morgan fingerprint density at radius 2 is 1.69 bits per heavy atom. The molecule has 2 aromatic rings. The zero-order chi connectivity index (χ0) is 18.5. The lowest BCUT2D eigenvalue weighted by molar-refractivity contribution is -0.114. The molecule has 0 bridgehead atoms. The van der Waals surface area contributed by atoms with Crippen molar-refractivity contribution in [2.24, 2.45) is 0 Å². The van der Waals surface area contributed by atoms with Crippen molar-refractivity contribution < 1.29 is 9.59 Å². The van der Waals surface area contributed by atoms with Gasteiger partial charge < -0.3 is 15.5 Å². The van der Waals surface area contributed by atoms with E-state index in [2.05, 4.69) is 10.6 Å². The quantitative estimate of drug-likeness (QED) is 0.799. The summed E-state index contributed by atoms with van der Waals surface area (Å²) in [5.74, 6) is -0.171. The molecule has 2 amide bonds. The average molecular weight is 392 g/mol. The van der Waals surface area contributed by atoms with Gasteiger partial charge in [0.05, 0.1) is 17.3 Å². The lowest BCUT2D eigenvalue weighted by atomic mass is 10.2. The van der Waals surface area contributed by atoms with Crippen molar-refractivity contribution in [3.8, 4) is 0 Å². The minimum absolute atomic E-state index is 0.0594. The van der Waals surface area contributed by atoms with Gasteiger partial charge in [-0.25, -0.2) is 0 Å². The van der Waals surface area contributed by atoms with Crippen LogP contribution in [-0.4, -0.2) is 36.3 Å². The zero-order valence-corrected chi connectivity index (χ0v) is 15.6. The Hall–Kier alpha value is -2.24. The van der Waals surface area contributed by atoms with E-state index in [1.807, 2.05) is 4.90 Å². The van der Waals surface area contributed by atoms with Crippen molar-refractivity contribution in [3.63, 3.8) is 0 Å². The van der Waals surface area contributed by atoms with E-state index in [1.54, 1.807) is 42.5 Å². The number of likely N-dealkylation sites (tertiary alicyclic amines) is 1. The molecule has 26 heavy (non-hydrogen) atoms. The lowest BCUT2D eigenvalue weighted by Gasteiger charge is -2.15. The van der Waals surface area contributed by atoms with Crippen LogP contribution in [0.25, 0.3) is 0 Å². The minimum Gasteiger partial charge on any atom is -0.376 e. The highest BCUT2D eigenvalue weighted by molar-refractivity contribution is 6.36. The predicted octanol–water partition coefficient (Wildman–Crippen LogP) is 4.28. The van der Waals surface area contributed by atoms with Gasteiger partial charge in [0.25, 0.3) is 5.91 Å². The molecule has 136 valence electrons. The van der Waals surface area contributed by atoms with Gasteiger partial charge in [-0.15, -0.1) is 0 Å². The van der Waals surface area contributed by atoms with Crippen LogP contribution < -0.4 is 10.6 Å². The first kappa shape index (κ1) is 18.5. The molecular weight excluding hydrogens is 373 g/mol. The summed E-state index contributed by atoms with van der Waals surface area (Å²) in [6.45, 7) is 1.73. The normalized spacial score (nSPS) is 13.5. The Morgan fingerprint density at radius 1 is 1.00 bits per heavy atom. The van der Waals surface area contributed by atoms with Gasteiger partial charge in [-0.1, -0.05) is 23.2 Å². The van der Waals surface area contributed by atoms with Crippen LogP contribution in [0.15, 0.2) is 42.5 Å². The van der Waals surface area contributed by atoms with E-state index >= 15 is 0 Å². The topological polar surface area (TPSA) is 61.4 Å². The average Bonchev–Trinajstić information content (AvgIpc) is 3.17. The molecule has 1 aliphatic rings. The molecular formula is C19H19Cl2N3O2. The number of rotatable bonds is 5. The van der Waals surface area contributed by atoms with Crippen LogP contribution in [0.3, 0.4) is 0 Å². The molecule has 1 saturated heterocycles. The number of benzene rings is 2. The van der Waals surface area contributed by atoms with Crippen molar-refractivity contribution in [1.82, 2.24) is 4.90 Å². The Labute approximate surface area is 162 Å². The number of halogens is 2. The van der Waals surface area contributed by atoms with Gasteiger partial charge in [-0.05, 0) is 55.3 Å². The summed E-state index contributed by atoms with van der Waals surface area (Å²) in [6, 6.07) is 12.0. The summed E-state index contributed by atoms with van der Waals surface area (Å²) in [5.41, 5.74) is 1.93. The molecule has 0 saturated carbocycles. The largest absolute Gasteiger partial charge is 0.376 e. The fourth-order valence-electron chi connectivity index (χ4n) is 2.80. The van der Waals surface area contributed by atoms with Crippen LogP contribution in [0, 0.1) is 0 Å². The summed E-state index contributed by atoms with van der Waals surface area (Å²) in [7, 11) is 0. The number of hydrogen-bond acceptors (Lipinski definition) is 3. The van der Waals surface area contributed by atoms with Gasteiger partial charge in [-0.3, -0.25) is 9.59 Å². The Morgan fingerprint density at radius 3 is 2.35 bits per heavy atom. The summed E-state index contributed by atoms with van der Waals surface area (Å²) in [6.07, 6.45) is 2.14. The number of carbonyl (C=O) groups is 2. The van der Waals surface area contributed by atoms with Crippen molar-refractivity contribution in [2.45, 2.75) is 12.8 Å². The highest BCUT2D eigenvalue weighted by atomic mass is 35.5. The van der Waals surface area contributed by atoms with Crippen LogP contribution in [0.5, 0.6) is 0 Å². The summed E-state index contributed by atoms with van der Waals surface area (Å²) >= 11 is 11.9. The Balaban J connectivity index is 1.52. The molecule has 1 heterocycles. The van der Waals surface area contributed by atoms with Crippen LogP contribution in [0.2, 0.25) is 10.0 Å². The SMILES string of the molecule is O=C(CNc1ccc(C(=O)N2CCCC2)cc1)Nc1ccc(Cl)cc1Cl. The van der Waals surface area contributed by atoms with E-state index in [-0.39, 0.29) is 18.4 Å². The minimum atomic E-state index is -0.230. The second-order valence-corrected chi connectivity index (χ2v) is 6.95. The number of nitrogens with zero attached hydrogens (tertiary/aromatic N) is 1. The monoisotopic (exact) mass is 391 g/mol. The van der Waals surface area contributed by atoms with Crippen LogP contribution in [0.4, 0.5) is 11.4 Å². The maximum absolute atomic E-state index is 12.3. The van der Waals surface area contributed by atoms with Gasteiger partial charge in [0.15, 0.2) is 0 Å². The van der Waals surface area contributed by atoms with Gasteiger partial charge in [0.2, 0.25) is 5.91 Å². The third kappa shape index (κ3) is 4.68. The molecule has 0 atom stereocenters. The molecule has 0 radical (unpaired) electrons. The van der Waals surface area contributed by atoms with E-state index in [1.165, 1.54) is 0 Å². The maximum atomic E-state index is 12.3. The second kappa shape index (κ2) is 8.43. The third-order valence-corrected chi connectivity index (χ3v) is 4.73. The van der Waals surface area contributed by atoms with Crippen molar-refractivity contribution in [1.29, 1.82) is 0 Å². The number of amides is 2. The first-order chi connectivity index (χ1) is 12.5. The fourth-order valence-corrected chi connectivity index (χ4v) is 3.26. The zero-order valence-electron chi connectivity index (χ0n) is 14.1. The standard InChI is InChI=1S/C19H19Cl2N3O2/c20-14-5-8-17(16(21)11-14)23-18(25)12-22-15-6-3-13(4-7-15)19(26)24-9-1-2-10-24/h3-8,11,22H,1-2,9-10,12H2,(H,23,25). The molecule has 7 heteroatoms. The van der Waals surface area contributed by atoms with Crippen molar-refractivity contribution >= 4 is 46.4 Å². The Bertz CT molecular complexity index is 803. The molecule has 0 spiro atoms. The summed E-state index contributed by atoms with van der Waals surface area (Å²) in [4.78, 5) is 26.2. The molecule has 0 aliphatic carbocycles. The highest BCUT2D eigenvalue weighted by Gasteiger charge is 2.19. The number of carbonyl (C=O) groups excluding carboxylic acids is 2. The van der Waals surface area contributed by atoms with Crippen LogP contribution in [-0.2, 0) is 4.79 Å². The predicted molar refractivity (Wildman–Crippen MR) is 105 cm³/mol. The van der Waals surface area contributed by atoms with Gasteiger partial charge >= 0.3 is 0 Å². The van der Waals surface area contributed by atoms with Crippen LogP contribution in [0.1, 0.15) is 23.2 Å². The van der Waals surface area contributed by atoms with Gasteiger partial charge in [0.1, 0.15) is 0 Å². The fraction of sp³-hybridized carbons (Fsp3) is 0.263. The number of hydrogen-bond donors (Lipinski definition) is 2. The molecule has 0 aromatic heterocycles. The molecule has 0 unspecified atom stereocenters. The van der Waals surface area contributed by atoms with Crippen molar-refractivity contribution in [2.75, 3.05) is 30.3 Å². The molecule has 1 fully saturated rings. The molecule has 5 nitrogen and oxygen atoms in total. The van der Waals surface area contributed by atoms with E-state index in [0.29, 0.717) is 21.3 Å². The van der Waals surface area contributed by atoms with Gasteiger partial charge in [0, 0.05) is 29.4 Å². The first-order valence-corrected chi connectivity index (χ1v) is 9.16. The molecule has 3 rings (SSSR count). The van der Waals surface area contributed by atoms with E-state index < -0.39 is 0 Å². The highest BCUT2D eigenvalue weighted by Crippen LogP contribution is 2.25. The number of nitrogens with one attached hydrogen (secondary N) is 2. The molecule has 2 N–H and O–H groups in total. The summed E-state index contributed by atoms with van der Waals surface area (Å²) < 4.78 is 0. The van der Waals surface area contributed by atoms with E-state index in [4.69, 9.17) is 23.2 Å². The van der Waals surface area contributed by atoms with E-state index in [9.17, 15) is 9.59 Å². The van der Waals surface area contributed by atoms with Crippen LogP contribution >= 0.6 is 23.2 Å². The third-order valence-electron chi connectivity index (χ3n) is 4.18.